The second-order valence-electron chi connectivity index (χ2n) is 4.19. The van der Waals surface area contributed by atoms with Crippen molar-refractivity contribution in [2.24, 2.45) is 0 Å². The first-order valence-corrected chi connectivity index (χ1v) is 6.63. The van der Waals surface area contributed by atoms with Crippen molar-refractivity contribution >= 4 is 51.4 Å². The Labute approximate surface area is 125 Å². The third-order valence-electron chi connectivity index (χ3n) is 2.85. The monoisotopic (exact) mass is 304 g/mol. The van der Waals surface area contributed by atoms with Crippen LogP contribution in [0.2, 0.25) is 10.0 Å². The number of aromatic nitrogens is 2. The molecule has 0 saturated carbocycles. The van der Waals surface area contributed by atoms with E-state index in [2.05, 4.69) is 15.3 Å². The van der Waals surface area contributed by atoms with Crippen molar-refractivity contribution in [1.29, 1.82) is 0 Å². The van der Waals surface area contributed by atoms with Gasteiger partial charge in [-0.15, -0.1) is 0 Å². The van der Waals surface area contributed by atoms with Crippen molar-refractivity contribution < 1.29 is 0 Å². The molecule has 20 heavy (non-hydrogen) atoms. The fraction of sp³-hybridized carbons (Fsp3) is 0. The van der Waals surface area contributed by atoms with Crippen LogP contribution in [0.25, 0.3) is 10.8 Å². The van der Waals surface area contributed by atoms with Crippen molar-refractivity contribution in [2.75, 3.05) is 11.1 Å². The molecule has 0 amide bonds. The van der Waals surface area contributed by atoms with E-state index in [1.807, 2.05) is 24.3 Å². The summed E-state index contributed by atoms with van der Waals surface area (Å²) in [4.78, 5) is 8.49. The first-order valence-electron chi connectivity index (χ1n) is 5.87. The zero-order valence-electron chi connectivity index (χ0n) is 10.3. The van der Waals surface area contributed by atoms with Crippen LogP contribution in [-0.2, 0) is 0 Å². The van der Waals surface area contributed by atoms with Crippen molar-refractivity contribution in [2.45, 2.75) is 0 Å². The van der Waals surface area contributed by atoms with Gasteiger partial charge in [0, 0.05) is 17.0 Å². The first kappa shape index (κ1) is 13.0. The van der Waals surface area contributed by atoms with Gasteiger partial charge < -0.3 is 11.1 Å². The highest BCUT2D eigenvalue weighted by atomic mass is 35.5. The van der Waals surface area contributed by atoms with Crippen molar-refractivity contribution in [1.82, 2.24) is 9.97 Å². The summed E-state index contributed by atoms with van der Waals surface area (Å²) in [7, 11) is 0. The van der Waals surface area contributed by atoms with Crippen molar-refractivity contribution in [3.05, 3.63) is 52.6 Å². The lowest BCUT2D eigenvalue weighted by Gasteiger charge is -2.09. The van der Waals surface area contributed by atoms with Gasteiger partial charge in [0.2, 0.25) is 0 Å². The molecular formula is C14H10Cl2N4. The molecule has 2 heterocycles. The smallest absolute Gasteiger partial charge is 0.139 e. The lowest BCUT2D eigenvalue weighted by atomic mass is 10.1. The molecule has 6 heteroatoms. The van der Waals surface area contributed by atoms with Crippen LogP contribution in [0.1, 0.15) is 0 Å². The van der Waals surface area contributed by atoms with E-state index in [-0.39, 0.29) is 0 Å². The fourth-order valence-electron chi connectivity index (χ4n) is 1.93. The number of rotatable bonds is 2. The van der Waals surface area contributed by atoms with E-state index in [0.29, 0.717) is 27.5 Å². The molecular weight excluding hydrogens is 295 g/mol. The number of nitrogens with zero attached hydrogens (tertiary/aromatic N) is 2. The summed E-state index contributed by atoms with van der Waals surface area (Å²) in [6.45, 7) is 0. The van der Waals surface area contributed by atoms with Crippen molar-refractivity contribution in [3.8, 4) is 0 Å². The van der Waals surface area contributed by atoms with E-state index in [4.69, 9.17) is 28.9 Å². The Hall–Kier alpha value is -2.04. The van der Waals surface area contributed by atoms with Gasteiger partial charge in [0.1, 0.15) is 17.5 Å². The van der Waals surface area contributed by atoms with E-state index in [0.717, 1.165) is 10.8 Å². The Bertz CT molecular complexity index is 789. The molecule has 0 spiro atoms. The molecule has 100 valence electrons. The Morgan fingerprint density at radius 3 is 2.65 bits per heavy atom. The maximum Gasteiger partial charge on any atom is 0.139 e. The molecule has 4 nitrogen and oxygen atoms in total. The third kappa shape index (κ3) is 2.35. The molecule has 0 unspecified atom stereocenters. The molecule has 3 rings (SSSR count). The number of nitrogens with two attached hydrogens (primary N) is 1. The van der Waals surface area contributed by atoms with Gasteiger partial charge in [0.25, 0.3) is 0 Å². The van der Waals surface area contributed by atoms with Crippen LogP contribution in [0.4, 0.5) is 17.5 Å². The zero-order valence-corrected chi connectivity index (χ0v) is 11.8. The minimum Gasteiger partial charge on any atom is -0.384 e. The first-order chi connectivity index (χ1) is 9.65. The Balaban J connectivity index is 2.10. The normalized spacial score (nSPS) is 10.7. The van der Waals surface area contributed by atoms with E-state index >= 15 is 0 Å². The molecule has 0 fully saturated rings. The lowest BCUT2D eigenvalue weighted by molar-refractivity contribution is 1.27. The minimum atomic E-state index is 0.441. The number of hydrogen-bond acceptors (Lipinski definition) is 4. The van der Waals surface area contributed by atoms with E-state index < -0.39 is 0 Å². The Kier molecular flexibility index (Phi) is 3.34. The van der Waals surface area contributed by atoms with Gasteiger partial charge in [-0.05, 0) is 30.3 Å². The molecule has 0 radical (unpaired) electrons. The highest BCUT2D eigenvalue weighted by Crippen LogP contribution is 2.33. The predicted octanol–water partition coefficient (Wildman–Crippen LogP) is 4.26. The summed E-state index contributed by atoms with van der Waals surface area (Å²) in [5.41, 5.74) is 5.66. The Morgan fingerprint density at radius 2 is 1.85 bits per heavy atom. The third-order valence-corrected chi connectivity index (χ3v) is 3.67. The summed E-state index contributed by atoms with van der Waals surface area (Å²) in [5.74, 6) is 1.71. The molecule has 2 aromatic heterocycles. The summed E-state index contributed by atoms with van der Waals surface area (Å²) < 4.78 is 0. The van der Waals surface area contributed by atoms with Crippen LogP contribution in [0.5, 0.6) is 0 Å². The van der Waals surface area contributed by atoms with Gasteiger partial charge in [-0.2, -0.15) is 0 Å². The topological polar surface area (TPSA) is 63.8 Å². The second kappa shape index (κ2) is 5.15. The van der Waals surface area contributed by atoms with E-state index in [9.17, 15) is 0 Å². The summed E-state index contributed by atoms with van der Waals surface area (Å²) in [6, 6.07) is 10.8. The highest BCUT2D eigenvalue weighted by Gasteiger charge is 2.08. The number of hydrogen-bond donors (Lipinski definition) is 2. The molecule has 3 N–H and O–H groups in total. The fourth-order valence-corrected chi connectivity index (χ4v) is 2.33. The average Bonchev–Trinajstić information content (AvgIpc) is 2.43. The van der Waals surface area contributed by atoms with Crippen LogP contribution in [0, 0.1) is 0 Å². The summed E-state index contributed by atoms with van der Waals surface area (Å²) in [5, 5.41) is 5.85. The molecule has 0 bridgehead atoms. The molecule has 0 saturated heterocycles. The van der Waals surface area contributed by atoms with Gasteiger partial charge in [-0.25, -0.2) is 9.97 Å². The number of nitrogen functional groups attached to an aromatic ring is 1. The van der Waals surface area contributed by atoms with Gasteiger partial charge in [-0.1, -0.05) is 29.3 Å². The van der Waals surface area contributed by atoms with Crippen LogP contribution >= 0.6 is 23.2 Å². The van der Waals surface area contributed by atoms with Gasteiger partial charge >= 0.3 is 0 Å². The largest absolute Gasteiger partial charge is 0.384 e. The number of anilines is 3. The molecule has 0 atom stereocenters. The molecule has 0 aliphatic rings. The number of benzene rings is 1. The maximum atomic E-state index is 6.20. The van der Waals surface area contributed by atoms with Crippen LogP contribution in [0.3, 0.4) is 0 Å². The van der Waals surface area contributed by atoms with E-state index in [1.54, 1.807) is 18.3 Å². The second-order valence-corrected chi connectivity index (χ2v) is 4.97. The molecule has 3 aromatic rings. The van der Waals surface area contributed by atoms with Gasteiger partial charge in [-0.3, -0.25) is 0 Å². The van der Waals surface area contributed by atoms with Crippen molar-refractivity contribution in [3.63, 3.8) is 0 Å². The summed E-state index contributed by atoms with van der Waals surface area (Å²) in [6.07, 6.45) is 1.67. The maximum absolute atomic E-state index is 6.20. The Morgan fingerprint density at radius 1 is 1.00 bits per heavy atom. The van der Waals surface area contributed by atoms with Gasteiger partial charge in [0.15, 0.2) is 0 Å². The molecule has 1 aromatic carbocycles. The highest BCUT2D eigenvalue weighted by molar-refractivity contribution is 6.45. The van der Waals surface area contributed by atoms with Crippen LogP contribution in [-0.4, -0.2) is 9.97 Å². The van der Waals surface area contributed by atoms with Crippen LogP contribution in [0.15, 0.2) is 42.6 Å². The quantitative estimate of drug-likeness (QED) is 0.742. The zero-order chi connectivity index (χ0) is 14.1. The average molecular weight is 305 g/mol. The predicted molar refractivity (Wildman–Crippen MR) is 83.7 cm³/mol. The number of pyridine rings is 2. The van der Waals surface area contributed by atoms with Gasteiger partial charge in [0.05, 0.1) is 10.0 Å². The number of fused-ring (bicyclic) bond motifs is 1. The number of nitrogens with one attached hydrogen (secondary N) is 1. The lowest BCUT2D eigenvalue weighted by Crippen LogP contribution is -1.99. The SMILES string of the molecule is Nc1cccc(Nc2nccc3c(Cl)c(Cl)ccc23)n1. The standard InChI is InChI=1S/C14H10Cl2N4/c15-10-5-4-9-8(13(10)16)6-7-18-14(9)20-12-3-1-2-11(17)19-12/h1-7H,(H3,17,18,19,20). The van der Waals surface area contributed by atoms with Crippen LogP contribution < -0.4 is 11.1 Å². The minimum absolute atomic E-state index is 0.441. The molecule has 0 aliphatic carbocycles. The number of halogens is 2. The van der Waals surface area contributed by atoms with E-state index in [1.165, 1.54) is 0 Å². The molecule has 0 aliphatic heterocycles. The summed E-state index contributed by atoms with van der Waals surface area (Å²) >= 11 is 12.2.